The summed E-state index contributed by atoms with van der Waals surface area (Å²) in [5, 5.41) is 18.6. The molecule has 3 unspecified atom stereocenters. The molecule has 1 aromatic heterocycles. The molecule has 0 spiro atoms. The lowest BCUT2D eigenvalue weighted by Crippen LogP contribution is -2.34. The molecule has 7 nitrogen and oxygen atoms in total. The third kappa shape index (κ3) is 8.63. The smallest absolute Gasteiger partial charge is 0.475 e. The minimum absolute atomic E-state index is 0.424. The lowest BCUT2D eigenvalue weighted by molar-refractivity contribution is -0.193. The second-order valence-corrected chi connectivity index (χ2v) is 8.17. The van der Waals surface area contributed by atoms with Crippen LogP contribution < -0.4 is 5.32 Å². The third-order valence-electron chi connectivity index (χ3n) is 5.19. The summed E-state index contributed by atoms with van der Waals surface area (Å²) in [7, 11) is 0. The van der Waals surface area contributed by atoms with Gasteiger partial charge in [-0.2, -0.15) is 26.3 Å². The van der Waals surface area contributed by atoms with Gasteiger partial charge < -0.3 is 20.3 Å². The van der Waals surface area contributed by atoms with Gasteiger partial charge in [0, 0.05) is 18.8 Å². The van der Waals surface area contributed by atoms with E-state index in [1.807, 2.05) is 0 Å². The summed E-state index contributed by atoms with van der Waals surface area (Å²) in [6, 6.07) is 2.83. The van der Waals surface area contributed by atoms with Crippen LogP contribution in [0.2, 0.25) is 5.02 Å². The van der Waals surface area contributed by atoms with Crippen molar-refractivity contribution < 1.29 is 50.9 Å². The standard InChI is InChI=1S/C15H19ClN2O.2C2HF3O2/c16-14-7-18-12(4-13(14)9-1-2-9)8-19-15-5-11-3-10(15)6-17-11;2*3-2(4,5)1(6)7/h4,7,9-11,15,17H,1-3,5-6,8H2;2*(H,6,7). The Kier molecular flexibility index (Phi) is 8.94. The number of ether oxygens (including phenoxy) is 1. The third-order valence-corrected chi connectivity index (χ3v) is 5.50. The Hall–Kier alpha value is -2.12. The number of carboxylic acids is 2. The minimum Gasteiger partial charge on any atom is -0.475 e. The maximum absolute atomic E-state index is 10.6. The number of rotatable bonds is 4. The van der Waals surface area contributed by atoms with Crippen molar-refractivity contribution in [3.05, 3.63) is 28.5 Å². The lowest BCUT2D eigenvalue weighted by Gasteiger charge is -2.22. The molecule has 0 amide bonds. The highest BCUT2D eigenvalue weighted by Gasteiger charge is 2.40. The van der Waals surface area contributed by atoms with Crippen LogP contribution in [0.25, 0.3) is 0 Å². The van der Waals surface area contributed by atoms with Gasteiger partial charge in [-0.1, -0.05) is 11.6 Å². The van der Waals surface area contributed by atoms with Gasteiger partial charge in [0.05, 0.1) is 23.4 Å². The van der Waals surface area contributed by atoms with Gasteiger partial charge in [0.2, 0.25) is 0 Å². The molecule has 1 aromatic rings. The number of aromatic nitrogens is 1. The lowest BCUT2D eigenvalue weighted by atomic mass is 10.1. The Morgan fingerprint density at radius 1 is 1.09 bits per heavy atom. The minimum atomic E-state index is -5.08. The zero-order valence-corrected chi connectivity index (χ0v) is 17.7. The van der Waals surface area contributed by atoms with E-state index in [0.29, 0.717) is 30.6 Å². The van der Waals surface area contributed by atoms with Gasteiger partial charge in [-0.15, -0.1) is 0 Å². The van der Waals surface area contributed by atoms with E-state index in [9.17, 15) is 26.3 Å². The van der Waals surface area contributed by atoms with Crippen LogP contribution in [0, 0.1) is 5.92 Å². The maximum Gasteiger partial charge on any atom is 0.490 e. The number of pyridine rings is 1. The monoisotopic (exact) mass is 506 g/mol. The topological polar surface area (TPSA) is 109 Å². The molecule has 3 aliphatic rings. The molecule has 3 fully saturated rings. The molecule has 0 radical (unpaired) electrons. The first-order chi connectivity index (χ1) is 15.2. The molecule has 2 aliphatic carbocycles. The molecule has 2 saturated carbocycles. The molecule has 186 valence electrons. The first-order valence-corrected chi connectivity index (χ1v) is 10.2. The number of fused-ring (bicyclic) bond motifs is 2. The first-order valence-electron chi connectivity index (χ1n) is 9.78. The van der Waals surface area contributed by atoms with Crippen molar-refractivity contribution in [3.8, 4) is 0 Å². The van der Waals surface area contributed by atoms with Crippen LogP contribution in [-0.4, -0.2) is 58.2 Å². The van der Waals surface area contributed by atoms with Crippen LogP contribution in [0.1, 0.15) is 42.9 Å². The highest BCUT2D eigenvalue weighted by molar-refractivity contribution is 6.31. The van der Waals surface area contributed by atoms with E-state index in [1.54, 1.807) is 6.20 Å². The van der Waals surface area contributed by atoms with Crippen molar-refractivity contribution in [1.82, 2.24) is 10.3 Å². The fraction of sp³-hybridized carbons (Fsp3) is 0.632. The molecule has 3 N–H and O–H groups in total. The van der Waals surface area contributed by atoms with Crippen molar-refractivity contribution in [2.75, 3.05) is 6.54 Å². The van der Waals surface area contributed by atoms with E-state index < -0.39 is 24.3 Å². The van der Waals surface area contributed by atoms with Gasteiger partial charge in [0.15, 0.2) is 0 Å². The predicted octanol–water partition coefficient (Wildman–Crippen LogP) is 4.15. The second-order valence-electron chi connectivity index (χ2n) is 7.76. The van der Waals surface area contributed by atoms with E-state index in [4.69, 9.17) is 36.1 Å². The van der Waals surface area contributed by atoms with Crippen LogP contribution in [0.5, 0.6) is 0 Å². The average Bonchev–Trinajstić information content (AvgIpc) is 3.33. The quantitative estimate of drug-likeness (QED) is 0.526. The van der Waals surface area contributed by atoms with Crippen molar-refractivity contribution >= 4 is 23.5 Å². The van der Waals surface area contributed by atoms with Gasteiger partial charge >= 0.3 is 24.3 Å². The fourth-order valence-corrected chi connectivity index (χ4v) is 3.73. The Morgan fingerprint density at radius 3 is 2.03 bits per heavy atom. The highest BCUT2D eigenvalue weighted by atomic mass is 35.5. The van der Waals surface area contributed by atoms with Crippen LogP contribution in [0.15, 0.2) is 12.3 Å². The normalized spacial score (nSPS) is 23.8. The Bertz CT molecular complexity index is 823. The summed E-state index contributed by atoms with van der Waals surface area (Å²) in [5.74, 6) is -4.14. The number of hydrogen-bond donors (Lipinski definition) is 3. The maximum atomic E-state index is 10.6. The Balaban J connectivity index is 0.000000230. The summed E-state index contributed by atoms with van der Waals surface area (Å²) in [6.07, 6.45) is -2.98. The van der Waals surface area contributed by atoms with Crippen molar-refractivity contribution in [3.63, 3.8) is 0 Å². The average molecular weight is 507 g/mol. The number of aliphatic carboxylic acids is 2. The molecule has 2 bridgehead atoms. The molecule has 1 aliphatic heterocycles. The molecular weight excluding hydrogens is 486 g/mol. The Labute approximate surface area is 189 Å². The highest BCUT2D eigenvalue weighted by Crippen LogP contribution is 2.43. The Morgan fingerprint density at radius 2 is 1.64 bits per heavy atom. The van der Waals surface area contributed by atoms with Crippen molar-refractivity contribution in [2.45, 2.75) is 62.7 Å². The molecular formula is C19H21ClF6N2O5. The summed E-state index contributed by atoms with van der Waals surface area (Å²) in [6.45, 7) is 1.75. The van der Waals surface area contributed by atoms with E-state index in [1.165, 1.54) is 24.8 Å². The van der Waals surface area contributed by atoms with E-state index in [-0.39, 0.29) is 0 Å². The number of halogens is 7. The summed E-state index contributed by atoms with van der Waals surface area (Å²) in [5.41, 5.74) is 2.30. The predicted molar refractivity (Wildman–Crippen MR) is 102 cm³/mol. The number of nitrogens with zero attached hydrogens (tertiary/aromatic N) is 1. The zero-order valence-electron chi connectivity index (χ0n) is 16.9. The number of piperidine rings is 1. The fourth-order valence-electron chi connectivity index (χ4n) is 3.47. The number of carboxylic acid groups (broad SMARTS) is 2. The van der Waals surface area contributed by atoms with Crippen molar-refractivity contribution in [1.29, 1.82) is 0 Å². The number of carbonyl (C=O) groups is 2. The SMILES string of the molecule is Clc1cnc(COC2CC3CC2CN3)cc1C1CC1.O=C(O)C(F)(F)F.O=C(O)C(F)(F)F. The second kappa shape index (κ2) is 10.9. The van der Waals surface area contributed by atoms with Crippen LogP contribution in [0.4, 0.5) is 26.3 Å². The van der Waals surface area contributed by atoms with E-state index >= 15 is 0 Å². The summed E-state index contributed by atoms with van der Waals surface area (Å²) in [4.78, 5) is 22.2. The first kappa shape index (κ1) is 27.1. The van der Waals surface area contributed by atoms with Gasteiger partial charge in [0.1, 0.15) is 0 Å². The van der Waals surface area contributed by atoms with Gasteiger partial charge in [-0.25, -0.2) is 9.59 Å². The van der Waals surface area contributed by atoms with E-state index in [2.05, 4.69) is 16.4 Å². The van der Waals surface area contributed by atoms with Crippen LogP contribution in [0.3, 0.4) is 0 Å². The van der Waals surface area contributed by atoms with E-state index in [0.717, 1.165) is 23.7 Å². The molecule has 3 atom stereocenters. The zero-order chi connectivity index (χ0) is 25.0. The van der Waals surface area contributed by atoms with Gasteiger partial charge in [-0.3, -0.25) is 4.98 Å². The molecule has 4 rings (SSSR count). The van der Waals surface area contributed by atoms with Gasteiger partial charge in [-0.05, 0) is 49.1 Å². The van der Waals surface area contributed by atoms with Crippen molar-refractivity contribution in [2.24, 2.45) is 5.92 Å². The van der Waals surface area contributed by atoms with Crippen LogP contribution in [-0.2, 0) is 20.9 Å². The number of nitrogens with one attached hydrogen (secondary N) is 1. The largest absolute Gasteiger partial charge is 0.490 e. The molecule has 0 aromatic carbocycles. The summed E-state index contributed by atoms with van der Waals surface area (Å²) >= 11 is 6.20. The van der Waals surface area contributed by atoms with Gasteiger partial charge in [0.25, 0.3) is 0 Å². The molecule has 14 heteroatoms. The number of alkyl halides is 6. The molecule has 1 saturated heterocycles. The van der Waals surface area contributed by atoms with Crippen LogP contribution >= 0.6 is 11.6 Å². The molecule has 2 heterocycles. The molecule has 33 heavy (non-hydrogen) atoms. The summed E-state index contributed by atoms with van der Waals surface area (Å²) < 4.78 is 69.5. The number of hydrogen-bond acceptors (Lipinski definition) is 5.